The summed E-state index contributed by atoms with van der Waals surface area (Å²) in [6.07, 6.45) is -4.93. The highest BCUT2D eigenvalue weighted by Crippen LogP contribution is 2.37. The van der Waals surface area contributed by atoms with Gasteiger partial charge in [0.15, 0.2) is 11.3 Å². The summed E-state index contributed by atoms with van der Waals surface area (Å²) in [5.41, 5.74) is -3.71. The van der Waals surface area contributed by atoms with E-state index >= 15 is 0 Å². The molecule has 2 N–H and O–H groups in total. The average Bonchev–Trinajstić information content (AvgIpc) is 3.15. The van der Waals surface area contributed by atoms with E-state index in [1.807, 2.05) is 5.21 Å². The maximum atomic E-state index is 13.4. The molecule has 0 aliphatic heterocycles. The van der Waals surface area contributed by atoms with Gasteiger partial charge in [-0.05, 0) is 29.3 Å². The van der Waals surface area contributed by atoms with Gasteiger partial charge >= 0.3 is 18.1 Å². The zero-order chi connectivity index (χ0) is 21.2. The van der Waals surface area contributed by atoms with Gasteiger partial charge in [0, 0.05) is 5.57 Å². The van der Waals surface area contributed by atoms with Crippen molar-refractivity contribution in [1.29, 1.82) is 0 Å². The number of nitrogens with zero attached hydrogens (tertiary/aromatic N) is 2. The highest BCUT2D eigenvalue weighted by atomic mass is 19.4. The molecule has 29 heavy (non-hydrogen) atoms. The Labute approximate surface area is 161 Å². The lowest BCUT2D eigenvalue weighted by Crippen LogP contribution is -2.19. The topological polar surface area (TPSA) is 105 Å². The SMILES string of the molecule is CCOC(=O)/C(C(=O)O)=C(/c1ccc2ccccc2c1)c1n[nH]nc1C(F)(F)F. The molecular formula is C19H14F3N3O4. The van der Waals surface area contributed by atoms with Crippen LogP contribution in [-0.4, -0.2) is 39.1 Å². The summed E-state index contributed by atoms with van der Waals surface area (Å²) >= 11 is 0. The van der Waals surface area contributed by atoms with Crippen molar-refractivity contribution in [3.63, 3.8) is 0 Å². The number of aromatic nitrogens is 3. The van der Waals surface area contributed by atoms with Crippen molar-refractivity contribution in [1.82, 2.24) is 15.4 Å². The van der Waals surface area contributed by atoms with Crippen LogP contribution in [0.1, 0.15) is 23.9 Å². The molecular weight excluding hydrogens is 391 g/mol. The molecule has 0 saturated carbocycles. The van der Waals surface area contributed by atoms with Gasteiger partial charge in [-0.1, -0.05) is 36.4 Å². The van der Waals surface area contributed by atoms with E-state index in [2.05, 4.69) is 10.2 Å². The normalized spacial score (nSPS) is 12.6. The fourth-order valence-corrected chi connectivity index (χ4v) is 2.85. The fourth-order valence-electron chi connectivity index (χ4n) is 2.85. The number of fused-ring (bicyclic) bond motifs is 1. The summed E-state index contributed by atoms with van der Waals surface area (Å²) in [5, 5.41) is 19.5. The summed E-state index contributed by atoms with van der Waals surface area (Å²) < 4.78 is 45.0. The standard InChI is InChI=1S/C19H14F3N3O4/c1-2-29-18(28)14(17(26)27)13(15-16(19(20,21)22)24-25-23-15)12-8-7-10-5-3-4-6-11(10)9-12/h3-9H,2H2,1H3,(H,26,27)(H,23,24,25)/b14-13-. The summed E-state index contributed by atoms with van der Waals surface area (Å²) in [5.74, 6) is -3.03. The quantitative estimate of drug-likeness (QED) is 0.292. The predicted octanol–water partition coefficient (Wildman–Crippen LogP) is 3.43. The molecule has 10 heteroatoms. The summed E-state index contributed by atoms with van der Waals surface area (Å²) in [6.45, 7) is 1.29. The molecule has 7 nitrogen and oxygen atoms in total. The molecule has 0 radical (unpaired) electrons. The van der Waals surface area contributed by atoms with Crippen LogP contribution in [0.15, 0.2) is 48.0 Å². The lowest BCUT2D eigenvalue weighted by atomic mass is 9.93. The van der Waals surface area contributed by atoms with Crippen molar-refractivity contribution >= 4 is 28.3 Å². The van der Waals surface area contributed by atoms with Crippen LogP contribution >= 0.6 is 0 Å². The number of halogens is 3. The number of aromatic amines is 1. The highest BCUT2D eigenvalue weighted by Gasteiger charge is 2.40. The van der Waals surface area contributed by atoms with E-state index in [-0.39, 0.29) is 12.2 Å². The van der Waals surface area contributed by atoms with E-state index in [9.17, 15) is 27.9 Å². The minimum Gasteiger partial charge on any atom is -0.477 e. The molecule has 1 heterocycles. The minimum absolute atomic E-state index is 0.0496. The third kappa shape index (κ3) is 3.96. The summed E-state index contributed by atoms with van der Waals surface area (Å²) in [4.78, 5) is 24.2. The number of benzene rings is 2. The van der Waals surface area contributed by atoms with Crippen LogP contribution in [0.3, 0.4) is 0 Å². The molecule has 0 bridgehead atoms. The minimum atomic E-state index is -4.93. The highest BCUT2D eigenvalue weighted by molar-refractivity contribution is 6.21. The molecule has 0 aliphatic rings. The van der Waals surface area contributed by atoms with E-state index in [4.69, 9.17) is 4.74 Å². The van der Waals surface area contributed by atoms with Crippen LogP contribution in [0.2, 0.25) is 0 Å². The van der Waals surface area contributed by atoms with Crippen molar-refractivity contribution in [2.75, 3.05) is 6.61 Å². The van der Waals surface area contributed by atoms with Gasteiger partial charge in [0.25, 0.3) is 0 Å². The molecule has 0 amide bonds. The van der Waals surface area contributed by atoms with E-state index in [0.717, 1.165) is 5.39 Å². The number of carboxylic acids is 1. The second-order valence-electron chi connectivity index (χ2n) is 5.86. The number of esters is 1. The van der Waals surface area contributed by atoms with Crippen molar-refractivity contribution < 1.29 is 32.6 Å². The molecule has 0 atom stereocenters. The second kappa shape index (κ2) is 7.74. The Kier molecular flexibility index (Phi) is 5.35. The van der Waals surface area contributed by atoms with Crippen molar-refractivity contribution in [2.45, 2.75) is 13.1 Å². The molecule has 0 fully saturated rings. The molecule has 3 rings (SSSR count). The lowest BCUT2D eigenvalue weighted by Gasteiger charge is -2.13. The largest absolute Gasteiger partial charge is 0.477 e. The Morgan fingerprint density at radius 1 is 1.10 bits per heavy atom. The van der Waals surface area contributed by atoms with Gasteiger partial charge in [-0.2, -0.15) is 28.6 Å². The van der Waals surface area contributed by atoms with Crippen molar-refractivity contribution in [2.24, 2.45) is 0 Å². The third-order valence-electron chi connectivity index (χ3n) is 4.03. The maximum absolute atomic E-state index is 13.4. The first-order chi connectivity index (χ1) is 13.7. The van der Waals surface area contributed by atoms with Crippen LogP contribution < -0.4 is 0 Å². The molecule has 0 aliphatic carbocycles. The number of hydrogen-bond donors (Lipinski definition) is 2. The van der Waals surface area contributed by atoms with Crippen LogP contribution in [0.5, 0.6) is 0 Å². The van der Waals surface area contributed by atoms with Crippen molar-refractivity contribution in [3.8, 4) is 0 Å². The zero-order valence-corrected chi connectivity index (χ0v) is 14.9. The zero-order valence-electron chi connectivity index (χ0n) is 14.9. The third-order valence-corrected chi connectivity index (χ3v) is 4.03. The monoisotopic (exact) mass is 405 g/mol. The van der Waals surface area contributed by atoms with Gasteiger partial charge in [0.05, 0.1) is 6.61 Å². The Balaban J connectivity index is 2.37. The number of H-pyrrole nitrogens is 1. The van der Waals surface area contributed by atoms with Crippen molar-refractivity contribution in [3.05, 3.63) is 65.0 Å². The number of hydrogen-bond acceptors (Lipinski definition) is 5. The van der Waals surface area contributed by atoms with E-state index in [1.54, 1.807) is 30.3 Å². The van der Waals surface area contributed by atoms with E-state index < -0.39 is 40.6 Å². The van der Waals surface area contributed by atoms with Gasteiger partial charge in [-0.3, -0.25) is 0 Å². The van der Waals surface area contributed by atoms with Gasteiger partial charge in [0.2, 0.25) is 0 Å². The summed E-state index contributed by atoms with van der Waals surface area (Å²) in [7, 11) is 0. The number of rotatable bonds is 5. The Bertz CT molecular complexity index is 1120. The van der Waals surface area contributed by atoms with Crippen LogP contribution in [0, 0.1) is 0 Å². The van der Waals surface area contributed by atoms with Crippen LogP contribution in [0.4, 0.5) is 13.2 Å². The van der Waals surface area contributed by atoms with Crippen LogP contribution in [-0.2, 0) is 20.5 Å². The lowest BCUT2D eigenvalue weighted by molar-refractivity contribution is -0.144. The Hall–Kier alpha value is -3.69. The van der Waals surface area contributed by atoms with E-state index in [1.165, 1.54) is 19.1 Å². The number of aliphatic carboxylic acids is 1. The van der Waals surface area contributed by atoms with Crippen LogP contribution in [0.25, 0.3) is 16.3 Å². The molecule has 150 valence electrons. The average molecular weight is 405 g/mol. The molecule has 0 unspecified atom stereocenters. The molecule has 0 saturated heterocycles. The molecule has 0 spiro atoms. The van der Waals surface area contributed by atoms with E-state index in [0.29, 0.717) is 5.39 Å². The Morgan fingerprint density at radius 3 is 2.41 bits per heavy atom. The van der Waals surface area contributed by atoms with Gasteiger partial charge in [-0.25, -0.2) is 9.59 Å². The van der Waals surface area contributed by atoms with Gasteiger partial charge in [0.1, 0.15) is 5.69 Å². The number of carboxylic acid groups (broad SMARTS) is 1. The number of alkyl halides is 3. The fraction of sp³-hybridized carbons (Fsp3) is 0.158. The predicted molar refractivity (Wildman–Crippen MR) is 95.6 cm³/mol. The Morgan fingerprint density at radius 2 is 1.79 bits per heavy atom. The number of carbonyl (C=O) groups excluding carboxylic acids is 1. The molecule has 1 aromatic heterocycles. The number of nitrogens with one attached hydrogen (secondary N) is 1. The first kappa shape index (κ1) is 20.1. The number of ether oxygens (including phenoxy) is 1. The first-order valence-electron chi connectivity index (χ1n) is 8.36. The first-order valence-corrected chi connectivity index (χ1v) is 8.36. The summed E-state index contributed by atoms with van der Waals surface area (Å²) in [6, 6.07) is 11.5. The molecule has 2 aromatic carbocycles. The maximum Gasteiger partial charge on any atom is 0.437 e. The smallest absolute Gasteiger partial charge is 0.437 e. The van der Waals surface area contributed by atoms with Gasteiger partial charge < -0.3 is 9.84 Å². The number of carbonyl (C=O) groups is 2. The van der Waals surface area contributed by atoms with Gasteiger partial charge in [-0.15, -0.1) is 0 Å². The second-order valence-corrected chi connectivity index (χ2v) is 5.86. The molecule has 3 aromatic rings.